The third-order valence-corrected chi connectivity index (χ3v) is 9.58. The van der Waals surface area contributed by atoms with Crippen LogP contribution in [-0.2, 0) is 10.0 Å². The van der Waals surface area contributed by atoms with Gasteiger partial charge in [-0.15, -0.1) is 0 Å². The van der Waals surface area contributed by atoms with Crippen molar-refractivity contribution in [3.05, 3.63) is 28.2 Å². The highest BCUT2D eigenvalue weighted by Crippen LogP contribution is 2.42. The molecule has 0 spiro atoms. The Morgan fingerprint density at radius 2 is 1.62 bits per heavy atom. The number of hydrogen-bond donors (Lipinski definition) is 2. The van der Waals surface area contributed by atoms with Gasteiger partial charge >= 0.3 is 7.12 Å². The second-order valence-electron chi connectivity index (χ2n) is 7.49. The largest absolute Gasteiger partial charge is 0.488 e. The monoisotopic (exact) mass is 372 g/mol. The van der Waals surface area contributed by atoms with Crippen molar-refractivity contribution in [1.82, 2.24) is 0 Å². The topological polar surface area (TPSA) is 49.7 Å². The molecule has 0 unspecified atom stereocenters. The molecule has 0 aliphatic rings. The summed E-state index contributed by atoms with van der Waals surface area (Å²) < 4.78 is 7.45. The third-order valence-electron chi connectivity index (χ3n) is 4.25. The first-order valence-electron chi connectivity index (χ1n) is 7.14. The Hall–Kier alpha value is -0.138. The summed E-state index contributed by atoms with van der Waals surface area (Å²) in [6, 6.07) is 5.32. The van der Waals surface area contributed by atoms with Crippen LogP contribution in [0.5, 0.6) is 0 Å². The lowest BCUT2D eigenvalue weighted by molar-refractivity contribution is 0.0895. The Morgan fingerprint density at radius 1 is 1.10 bits per heavy atom. The van der Waals surface area contributed by atoms with Gasteiger partial charge in [0.15, 0.2) is 8.32 Å². The van der Waals surface area contributed by atoms with Gasteiger partial charge in [0.2, 0.25) is 0 Å². The molecule has 1 aromatic carbocycles. The molecule has 0 aromatic heterocycles. The van der Waals surface area contributed by atoms with Gasteiger partial charge < -0.3 is 14.5 Å². The molecule has 0 radical (unpaired) electrons. The Kier molecular flexibility index (Phi) is 5.55. The highest BCUT2D eigenvalue weighted by atomic mass is 79.9. The maximum Gasteiger partial charge on any atom is 0.488 e. The summed E-state index contributed by atoms with van der Waals surface area (Å²) in [5.41, 5.74) is 0.894. The molecule has 0 amide bonds. The van der Waals surface area contributed by atoms with Crippen molar-refractivity contribution < 1.29 is 14.5 Å². The smallest absolute Gasteiger partial charge is 0.423 e. The standard InChI is InChI=1S/C15H26BBrO3Si/c1-14(2,3)21(6,7)20-15(4,5)12-10-11(16(18)19)8-9-13(12)17/h8-10,18-19H,1-7H3. The van der Waals surface area contributed by atoms with Crippen LogP contribution < -0.4 is 5.46 Å². The molecule has 1 aromatic rings. The van der Waals surface area contributed by atoms with E-state index >= 15 is 0 Å². The van der Waals surface area contributed by atoms with E-state index in [4.69, 9.17) is 4.43 Å². The van der Waals surface area contributed by atoms with Crippen LogP contribution in [0.3, 0.4) is 0 Å². The molecular weight excluding hydrogens is 347 g/mol. The number of benzene rings is 1. The van der Waals surface area contributed by atoms with Crippen LogP contribution in [0, 0.1) is 0 Å². The van der Waals surface area contributed by atoms with Crippen LogP contribution in [0.1, 0.15) is 40.2 Å². The summed E-state index contributed by atoms with van der Waals surface area (Å²) in [5, 5.41) is 18.9. The number of rotatable bonds is 4. The predicted octanol–water partition coefficient (Wildman–Crippen LogP) is 3.39. The summed E-state index contributed by atoms with van der Waals surface area (Å²) in [4.78, 5) is 0. The van der Waals surface area contributed by atoms with E-state index in [0.717, 1.165) is 10.0 Å². The van der Waals surface area contributed by atoms with E-state index in [0.29, 0.717) is 5.46 Å². The van der Waals surface area contributed by atoms with Crippen LogP contribution in [0.2, 0.25) is 18.1 Å². The van der Waals surface area contributed by atoms with Gasteiger partial charge in [0.25, 0.3) is 0 Å². The molecular formula is C15H26BBrO3Si. The lowest BCUT2D eigenvalue weighted by Crippen LogP contribution is -2.46. The molecule has 2 N–H and O–H groups in total. The van der Waals surface area contributed by atoms with E-state index in [9.17, 15) is 10.0 Å². The second kappa shape index (κ2) is 6.16. The zero-order chi connectivity index (χ0) is 16.6. The van der Waals surface area contributed by atoms with Gasteiger partial charge in [-0.1, -0.05) is 48.8 Å². The molecule has 0 atom stereocenters. The second-order valence-corrected chi connectivity index (χ2v) is 13.1. The molecule has 21 heavy (non-hydrogen) atoms. The fraction of sp³-hybridized carbons (Fsp3) is 0.600. The lowest BCUT2D eigenvalue weighted by Gasteiger charge is -2.43. The van der Waals surface area contributed by atoms with Crippen LogP contribution in [0.4, 0.5) is 0 Å². The van der Waals surface area contributed by atoms with Gasteiger partial charge in [-0.25, -0.2) is 0 Å². The molecule has 118 valence electrons. The van der Waals surface area contributed by atoms with Crippen LogP contribution in [0.25, 0.3) is 0 Å². The first kappa shape index (κ1) is 18.9. The molecule has 0 heterocycles. The molecule has 0 saturated carbocycles. The van der Waals surface area contributed by atoms with Gasteiger partial charge in [0, 0.05) is 4.47 Å². The fourth-order valence-electron chi connectivity index (χ4n) is 2.01. The van der Waals surface area contributed by atoms with Crippen molar-refractivity contribution in [1.29, 1.82) is 0 Å². The van der Waals surface area contributed by atoms with E-state index < -0.39 is 21.0 Å². The maximum absolute atomic E-state index is 9.37. The summed E-state index contributed by atoms with van der Waals surface area (Å²) in [5.74, 6) is 0. The first-order valence-corrected chi connectivity index (χ1v) is 10.8. The van der Waals surface area contributed by atoms with Crippen LogP contribution >= 0.6 is 15.9 Å². The average Bonchev–Trinajstić information content (AvgIpc) is 2.25. The van der Waals surface area contributed by atoms with E-state index in [2.05, 4.69) is 49.8 Å². The van der Waals surface area contributed by atoms with E-state index in [1.165, 1.54) is 0 Å². The van der Waals surface area contributed by atoms with Gasteiger partial charge in [-0.2, -0.15) is 0 Å². The minimum absolute atomic E-state index is 0.116. The fourth-order valence-corrected chi connectivity index (χ4v) is 4.43. The van der Waals surface area contributed by atoms with Gasteiger partial charge in [-0.3, -0.25) is 0 Å². The highest BCUT2D eigenvalue weighted by Gasteiger charge is 2.42. The summed E-state index contributed by atoms with van der Waals surface area (Å²) in [6.45, 7) is 15.1. The molecule has 0 aliphatic heterocycles. The molecule has 0 saturated heterocycles. The SMILES string of the molecule is CC(C)(O[Si](C)(C)C(C)(C)C)c1cc(B(O)O)ccc1Br. The molecule has 0 fully saturated rings. The molecule has 6 heteroatoms. The maximum atomic E-state index is 9.37. The Morgan fingerprint density at radius 3 is 2.05 bits per heavy atom. The van der Waals surface area contributed by atoms with E-state index in [-0.39, 0.29) is 5.04 Å². The zero-order valence-electron chi connectivity index (χ0n) is 14.0. The third kappa shape index (κ3) is 4.42. The number of hydrogen-bond acceptors (Lipinski definition) is 3. The predicted molar refractivity (Wildman–Crippen MR) is 95.3 cm³/mol. The Balaban J connectivity index is 3.22. The van der Waals surface area contributed by atoms with Gasteiger partial charge in [-0.05, 0) is 49.1 Å². The van der Waals surface area contributed by atoms with Crippen molar-refractivity contribution in [3.63, 3.8) is 0 Å². The van der Waals surface area contributed by atoms with Crippen LogP contribution in [0.15, 0.2) is 22.7 Å². The van der Waals surface area contributed by atoms with Crippen molar-refractivity contribution >= 4 is 36.8 Å². The van der Waals surface area contributed by atoms with E-state index in [1.807, 2.05) is 19.9 Å². The van der Waals surface area contributed by atoms with Gasteiger partial charge in [0.05, 0.1) is 5.60 Å². The average molecular weight is 373 g/mol. The number of halogens is 1. The highest BCUT2D eigenvalue weighted by molar-refractivity contribution is 9.10. The Labute approximate surface area is 138 Å². The van der Waals surface area contributed by atoms with Crippen molar-refractivity contribution in [2.75, 3.05) is 0 Å². The van der Waals surface area contributed by atoms with Crippen molar-refractivity contribution in [2.45, 2.75) is 58.4 Å². The summed E-state index contributed by atoms with van der Waals surface area (Å²) in [6.07, 6.45) is 0. The molecule has 1 rings (SSSR count). The quantitative estimate of drug-likeness (QED) is 0.796. The summed E-state index contributed by atoms with van der Waals surface area (Å²) >= 11 is 3.55. The normalized spacial score (nSPS) is 13.4. The van der Waals surface area contributed by atoms with E-state index in [1.54, 1.807) is 12.1 Å². The molecule has 3 nitrogen and oxygen atoms in total. The Bertz CT molecular complexity index is 510. The minimum Gasteiger partial charge on any atom is -0.423 e. The van der Waals surface area contributed by atoms with Crippen LogP contribution in [-0.4, -0.2) is 25.5 Å². The first-order chi connectivity index (χ1) is 9.28. The lowest BCUT2D eigenvalue weighted by atomic mass is 9.78. The van der Waals surface area contributed by atoms with Crippen molar-refractivity contribution in [2.24, 2.45) is 0 Å². The molecule has 0 bridgehead atoms. The molecule has 0 aliphatic carbocycles. The zero-order valence-corrected chi connectivity index (χ0v) is 16.6. The summed E-state index contributed by atoms with van der Waals surface area (Å²) in [7, 11) is -3.41. The van der Waals surface area contributed by atoms with Gasteiger partial charge in [0.1, 0.15) is 0 Å². The minimum atomic E-state index is -1.94. The van der Waals surface area contributed by atoms with Crippen molar-refractivity contribution in [3.8, 4) is 0 Å².